The van der Waals surface area contributed by atoms with Crippen molar-refractivity contribution < 1.29 is 4.74 Å². The highest BCUT2D eigenvalue weighted by molar-refractivity contribution is 7.98. The van der Waals surface area contributed by atoms with E-state index in [2.05, 4.69) is 19.9 Å². The van der Waals surface area contributed by atoms with Gasteiger partial charge in [-0.3, -0.25) is 4.79 Å². The molecule has 0 aliphatic heterocycles. The fourth-order valence-electron chi connectivity index (χ4n) is 2.85. The Labute approximate surface area is 154 Å². The topological polar surface area (TPSA) is 83.7 Å². The zero-order chi connectivity index (χ0) is 18.1. The quantitative estimate of drug-likeness (QED) is 0.525. The number of rotatable bonds is 5. The molecule has 2 N–H and O–H groups in total. The molecule has 0 spiro atoms. The number of hydrogen-bond donors (Lipinski definition) is 2. The summed E-state index contributed by atoms with van der Waals surface area (Å²) in [6, 6.07) is 11.4. The summed E-state index contributed by atoms with van der Waals surface area (Å²) >= 11 is 1.50. The van der Waals surface area contributed by atoms with Gasteiger partial charge in [0.05, 0.1) is 34.3 Å². The van der Waals surface area contributed by atoms with E-state index in [-0.39, 0.29) is 5.56 Å². The second-order valence-corrected chi connectivity index (χ2v) is 6.89. The maximum absolute atomic E-state index is 12.3. The van der Waals surface area contributed by atoms with Crippen molar-refractivity contribution in [2.24, 2.45) is 0 Å². The van der Waals surface area contributed by atoms with E-state index in [0.29, 0.717) is 23.6 Å². The molecule has 0 atom stereocenters. The molecule has 2 aromatic carbocycles. The summed E-state index contributed by atoms with van der Waals surface area (Å²) in [4.78, 5) is 27.6. The van der Waals surface area contributed by atoms with Crippen LogP contribution in [-0.4, -0.2) is 26.5 Å². The highest BCUT2D eigenvalue weighted by Crippen LogP contribution is 2.25. The Morgan fingerprint density at radius 1 is 1.15 bits per heavy atom. The first-order chi connectivity index (χ1) is 12.6. The first-order valence-electron chi connectivity index (χ1n) is 8.38. The van der Waals surface area contributed by atoms with Gasteiger partial charge in [-0.05, 0) is 37.6 Å². The number of aromatic amines is 2. The molecule has 4 rings (SSSR count). The van der Waals surface area contributed by atoms with Crippen LogP contribution in [0, 0.1) is 6.92 Å². The number of fused-ring (bicyclic) bond motifs is 2. The van der Waals surface area contributed by atoms with Gasteiger partial charge >= 0.3 is 0 Å². The van der Waals surface area contributed by atoms with Crippen molar-refractivity contribution in [1.82, 2.24) is 19.9 Å². The van der Waals surface area contributed by atoms with Crippen LogP contribution in [0.15, 0.2) is 46.3 Å². The minimum Gasteiger partial charge on any atom is -0.494 e. The van der Waals surface area contributed by atoms with E-state index in [4.69, 9.17) is 4.74 Å². The number of aromatic nitrogens is 4. The molecular formula is C19H18N4O2S. The van der Waals surface area contributed by atoms with E-state index in [1.165, 1.54) is 11.8 Å². The molecule has 0 bridgehead atoms. The van der Waals surface area contributed by atoms with Crippen LogP contribution in [0.4, 0.5) is 0 Å². The Morgan fingerprint density at radius 3 is 2.88 bits per heavy atom. The first-order valence-corrected chi connectivity index (χ1v) is 9.36. The molecule has 2 heterocycles. The molecule has 0 fully saturated rings. The molecule has 26 heavy (non-hydrogen) atoms. The van der Waals surface area contributed by atoms with Crippen LogP contribution in [0.3, 0.4) is 0 Å². The number of para-hydroxylation sites is 1. The molecule has 7 heteroatoms. The van der Waals surface area contributed by atoms with Crippen molar-refractivity contribution in [3.8, 4) is 5.75 Å². The van der Waals surface area contributed by atoms with Gasteiger partial charge in [0.15, 0.2) is 5.16 Å². The fourth-order valence-corrected chi connectivity index (χ4v) is 3.60. The molecule has 0 amide bonds. The van der Waals surface area contributed by atoms with Crippen molar-refractivity contribution in [2.45, 2.75) is 24.8 Å². The maximum atomic E-state index is 12.3. The Morgan fingerprint density at radius 2 is 2.04 bits per heavy atom. The number of nitrogens with zero attached hydrogens (tertiary/aromatic N) is 2. The molecule has 2 aromatic heterocycles. The third kappa shape index (κ3) is 3.17. The minimum absolute atomic E-state index is 0.111. The second-order valence-electron chi connectivity index (χ2n) is 5.93. The van der Waals surface area contributed by atoms with E-state index in [1.54, 1.807) is 6.07 Å². The first kappa shape index (κ1) is 16.7. The predicted molar refractivity (Wildman–Crippen MR) is 104 cm³/mol. The summed E-state index contributed by atoms with van der Waals surface area (Å²) < 4.78 is 5.51. The third-order valence-corrected chi connectivity index (χ3v) is 4.96. The second kappa shape index (κ2) is 6.84. The largest absolute Gasteiger partial charge is 0.494 e. The van der Waals surface area contributed by atoms with E-state index in [9.17, 15) is 4.79 Å². The van der Waals surface area contributed by atoms with Gasteiger partial charge in [0.2, 0.25) is 0 Å². The van der Waals surface area contributed by atoms with Gasteiger partial charge in [-0.25, -0.2) is 9.97 Å². The van der Waals surface area contributed by atoms with Gasteiger partial charge in [0.25, 0.3) is 5.56 Å². The number of imidazole rings is 1. The predicted octanol–water partition coefficient (Wildman–Crippen LogP) is 3.80. The summed E-state index contributed by atoms with van der Waals surface area (Å²) in [5.41, 5.74) is 3.44. The number of benzene rings is 2. The molecule has 0 aliphatic carbocycles. The van der Waals surface area contributed by atoms with Crippen LogP contribution in [0.5, 0.6) is 5.75 Å². The highest BCUT2D eigenvalue weighted by Gasteiger charge is 2.09. The molecule has 0 radical (unpaired) electrons. The maximum Gasteiger partial charge on any atom is 0.258 e. The zero-order valence-electron chi connectivity index (χ0n) is 14.5. The summed E-state index contributed by atoms with van der Waals surface area (Å²) in [5, 5.41) is 1.40. The number of H-pyrrole nitrogens is 2. The van der Waals surface area contributed by atoms with E-state index in [0.717, 1.165) is 33.0 Å². The Hall–Kier alpha value is -2.80. The number of nitrogens with one attached hydrogen (secondary N) is 2. The number of hydrogen-bond acceptors (Lipinski definition) is 5. The van der Waals surface area contributed by atoms with Crippen molar-refractivity contribution in [1.29, 1.82) is 0 Å². The molecule has 0 aliphatic rings. The van der Waals surface area contributed by atoms with Crippen LogP contribution in [0.2, 0.25) is 0 Å². The average Bonchev–Trinajstić information content (AvgIpc) is 3.03. The van der Waals surface area contributed by atoms with Crippen LogP contribution < -0.4 is 10.3 Å². The van der Waals surface area contributed by atoms with Gasteiger partial charge in [-0.2, -0.15) is 0 Å². The van der Waals surface area contributed by atoms with Crippen molar-refractivity contribution >= 4 is 33.7 Å². The fraction of sp³-hybridized carbons (Fsp3) is 0.211. The van der Waals surface area contributed by atoms with Crippen molar-refractivity contribution in [3.63, 3.8) is 0 Å². The zero-order valence-corrected chi connectivity index (χ0v) is 15.3. The Bertz CT molecular complexity index is 1150. The van der Waals surface area contributed by atoms with Crippen LogP contribution in [0.25, 0.3) is 21.9 Å². The minimum atomic E-state index is -0.111. The van der Waals surface area contributed by atoms with E-state index < -0.39 is 0 Å². The molecule has 4 aromatic rings. The number of ether oxygens (including phenoxy) is 1. The average molecular weight is 366 g/mol. The normalized spacial score (nSPS) is 11.3. The van der Waals surface area contributed by atoms with E-state index >= 15 is 0 Å². The van der Waals surface area contributed by atoms with Crippen LogP contribution in [0.1, 0.15) is 18.3 Å². The lowest BCUT2D eigenvalue weighted by Crippen LogP contribution is -2.11. The van der Waals surface area contributed by atoms with Gasteiger partial charge in [-0.15, -0.1) is 0 Å². The van der Waals surface area contributed by atoms with Crippen molar-refractivity contribution in [2.75, 3.05) is 6.61 Å². The van der Waals surface area contributed by atoms with Crippen LogP contribution in [-0.2, 0) is 5.75 Å². The standard InChI is InChI=1S/C19H18N4O2S/c1-3-25-12-7-8-14-15(9-12)21-19(20-14)26-10-16-22-17-11(2)5-4-6-13(17)18(24)23-16/h4-9H,3,10H2,1-2H3,(H,20,21)(H,22,23,24). The van der Waals surface area contributed by atoms with Crippen molar-refractivity contribution in [3.05, 3.63) is 58.1 Å². The van der Waals surface area contributed by atoms with Gasteiger partial charge < -0.3 is 14.7 Å². The molecule has 132 valence electrons. The molecule has 0 saturated carbocycles. The molecule has 0 unspecified atom stereocenters. The van der Waals surface area contributed by atoms with Gasteiger partial charge in [-0.1, -0.05) is 23.9 Å². The summed E-state index contributed by atoms with van der Waals surface area (Å²) in [6.07, 6.45) is 0. The summed E-state index contributed by atoms with van der Waals surface area (Å²) in [7, 11) is 0. The Kier molecular flexibility index (Phi) is 4.38. The van der Waals surface area contributed by atoms with Gasteiger partial charge in [0.1, 0.15) is 11.6 Å². The molecular weight excluding hydrogens is 348 g/mol. The number of thioether (sulfide) groups is 1. The lowest BCUT2D eigenvalue weighted by Gasteiger charge is -2.04. The SMILES string of the molecule is CCOc1ccc2nc(SCc3nc4c(C)cccc4c(=O)[nH]3)[nH]c2c1. The smallest absolute Gasteiger partial charge is 0.258 e. The number of aryl methyl sites for hydroxylation is 1. The molecule has 6 nitrogen and oxygen atoms in total. The highest BCUT2D eigenvalue weighted by atomic mass is 32.2. The molecule has 0 saturated heterocycles. The lowest BCUT2D eigenvalue weighted by atomic mass is 10.1. The monoisotopic (exact) mass is 366 g/mol. The van der Waals surface area contributed by atoms with Gasteiger partial charge in [0, 0.05) is 6.07 Å². The van der Waals surface area contributed by atoms with Crippen LogP contribution >= 0.6 is 11.8 Å². The van der Waals surface area contributed by atoms with E-state index in [1.807, 2.05) is 44.2 Å². The Balaban J connectivity index is 1.59. The lowest BCUT2D eigenvalue weighted by molar-refractivity contribution is 0.340. The third-order valence-electron chi connectivity index (χ3n) is 4.08. The summed E-state index contributed by atoms with van der Waals surface area (Å²) in [5.74, 6) is 1.98. The summed E-state index contributed by atoms with van der Waals surface area (Å²) in [6.45, 7) is 4.54.